The number of rotatable bonds is 3. The molecule has 126 valence electrons. The van der Waals surface area contributed by atoms with Gasteiger partial charge in [0.05, 0.1) is 11.8 Å². The molecule has 2 rings (SSSR count). The number of hydrogen-bond acceptors (Lipinski definition) is 5. The number of alkyl halides is 3. The molecule has 0 aliphatic heterocycles. The molecule has 0 aliphatic carbocycles. The summed E-state index contributed by atoms with van der Waals surface area (Å²) in [6, 6.07) is 6.39. The van der Waals surface area contributed by atoms with Gasteiger partial charge in [-0.2, -0.15) is 18.3 Å². The molecule has 0 heterocycles. The van der Waals surface area contributed by atoms with Crippen LogP contribution in [0.5, 0.6) is 17.2 Å². The van der Waals surface area contributed by atoms with E-state index in [4.69, 9.17) is 0 Å². The van der Waals surface area contributed by atoms with Crippen molar-refractivity contribution in [2.45, 2.75) is 6.18 Å². The Labute approximate surface area is 133 Å². The van der Waals surface area contributed by atoms with Crippen molar-refractivity contribution in [2.75, 3.05) is 0 Å². The molecule has 0 fully saturated rings. The summed E-state index contributed by atoms with van der Waals surface area (Å²) in [5.41, 5.74) is 0.551. The zero-order valence-corrected chi connectivity index (χ0v) is 11.9. The molecule has 6 nitrogen and oxygen atoms in total. The second-order valence-corrected chi connectivity index (χ2v) is 4.65. The number of phenols is 3. The van der Waals surface area contributed by atoms with Crippen molar-refractivity contribution in [1.29, 1.82) is 0 Å². The Hall–Kier alpha value is -3.23. The topological polar surface area (TPSA) is 102 Å². The average molecular weight is 340 g/mol. The summed E-state index contributed by atoms with van der Waals surface area (Å²) in [6.07, 6.45) is -3.75. The van der Waals surface area contributed by atoms with E-state index in [9.17, 15) is 33.3 Å². The fraction of sp³-hybridized carbons (Fsp3) is 0.0667. The summed E-state index contributed by atoms with van der Waals surface area (Å²) < 4.78 is 38.4. The highest BCUT2D eigenvalue weighted by atomic mass is 19.4. The lowest BCUT2D eigenvalue weighted by atomic mass is 10.1. The lowest BCUT2D eigenvalue weighted by Crippen LogP contribution is -2.18. The molecule has 2 aromatic carbocycles. The van der Waals surface area contributed by atoms with E-state index in [1.807, 2.05) is 5.43 Å². The maximum atomic E-state index is 12.8. The molecule has 0 spiro atoms. The molecular formula is C15H11F3N2O4. The Morgan fingerprint density at radius 1 is 1.08 bits per heavy atom. The normalized spacial score (nSPS) is 11.6. The van der Waals surface area contributed by atoms with Crippen LogP contribution in [-0.4, -0.2) is 27.4 Å². The number of hydrogen-bond donors (Lipinski definition) is 4. The van der Waals surface area contributed by atoms with Crippen LogP contribution in [0.25, 0.3) is 0 Å². The van der Waals surface area contributed by atoms with E-state index in [-0.39, 0.29) is 11.1 Å². The van der Waals surface area contributed by atoms with Crippen molar-refractivity contribution < 1.29 is 33.3 Å². The Bertz CT molecular complexity index is 781. The number of aromatic hydroxyl groups is 3. The van der Waals surface area contributed by atoms with E-state index < -0.39 is 34.9 Å². The molecule has 9 heteroatoms. The average Bonchev–Trinajstić information content (AvgIpc) is 2.51. The molecular weight excluding hydrogens is 329 g/mol. The van der Waals surface area contributed by atoms with E-state index >= 15 is 0 Å². The van der Waals surface area contributed by atoms with Gasteiger partial charge in [0.1, 0.15) is 0 Å². The van der Waals surface area contributed by atoms with E-state index in [1.54, 1.807) is 0 Å². The SMILES string of the molecule is O=C(N/N=C\c1ccccc1C(F)(F)F)c1cc(O)c(O)c(O)c1. The Morgan fingerprint density at radius 3 is 2.25 bits per heavy atom. The van der Waals surface area contributed by atoms with E-state index in [0.29, 0.717) is 0 Å². The first kappa shape index (κ1) is 17.1. The molecule has 0 aromatic heterocycles. The van der Waals surface area contributed by atoms with Gasteiger partial charge in [-0.25, -0.2) is 5.43 Å². The number of nitrogens with zero attached hydrogens (tertiary/aromatic N) is 1. The van der Waals surface area contributed by atoms with Gasteiger partial charge in [0.2, 0.25) is 0 Å². The summed E-state index contributed by atoms with van der Waals surface area (Å²) in [5.74, 6) is -3.16. The quantitative estimate of drug-likeness (QED) is 0.392. The fourth-order valence-corrected chi connectivity index (χ4v) is 1.83. The number of amides is 1. The molecule has 4 N–H and O–H groups in total. The van der Waals surface area contributed by atoms with Gasteiger partial charge in [-0.15, -0.1) is 0 Å². The first-order valence-electron chi connectivity index (χ1n) is 6.44. The minimum Gasteiger partial charge on any atom is -0.504 e. The van der Waals surface area contributed by atoms with Crippen LogP contribution in [0.2, 0.25) is 0 Å². The molecule has 0 radical (unpaired) electrons. The Balaban J connectivity index is 2.17. The van der Waals surface area contributed by atoms with Crippen LogP contribution in [0.3, 0.4) is 0 Å². The van der Waals surface area contributed by atoms with Gasteiger partial charge in [-0.05, 0) is 18.2 Å². The van der Waals surface area contributed by atoms with Crippen LogP contribution in [0, 0.1) is 0 Å². The standard InChI is InChI=1S/C15H11F3N2O4/c16-15(17,18)10-4-2-1-3-8(10)7-19-20-14(24)9-5-11(21)13(23)12(22)6-9/h1-7,21-23H,(H,20,24)/b19-7-. The molecule has 0 atom stereocenters. The van der Waals surface area contributed by atoms with Crippen molar-refractivity contribution in [3.8, 4) is 17.2 Å². The van der Waals surface area contributed by atoms with E-state index in [2.05, 4.69) is 5.10 Å². The third kappa shape index (κ3) is 3.75. The van der Waals surface area contributed by atoms with Gasteiger partial charge in [-0.1, -0.05) is 18.2 Å². The summed E-state index contributed by atoms with van der Waals surface area (Å²) in [7, 11) is 0. The Morgan fingerprint density at radius 2 is 1.67 bits per heavy atom. The van der Waals surface area contributed by atoms with Crippen LogP contribution >= 0.6 is 0 Å². The largest absolute Gasteiger partial charge is 0.504 e. The van der Waals surface area contributed by atoms with Gasteiger partial charge in [0, 0.05) is 11.1 Å². The number of hydrazone groups is 1. The highest BCUT2D eigenvalue weighted by molar-refractivity contribution is 5.96. The van der Waals surface area contributed by atoms with Crippen molar-refractivity contribution in [3.05, 3.63) is 53.1 Å². The predicted molar refractivity (Wildman–Crippen MR) is 77.9 cm³/mol. The van der Waals surface area contributed by atoms with Crippen molar-refractivity contribution in [3.63, 3.8) is 0 Å². The maximum Gasteiger partial charge on any atom is 0.417 e. The molecule has 0 saturated carbocycles. The summed E-state index contributed by atoms with van der Waals surface area (Å²) in [6.45, 7) is 0. The molecule has 0 bridgehead atoms. The van der Waals surface area contributed by atoms with Crippen LogP contribution in [0.15, 0.2) is 41.5 Å². The van der Waals surface area contributed by atoms with Crippen molar-refractivity contribution in [1.82, 2.24) is 5.43 Å². The zero-order chi connectivity index (χ0) is 17.9. The van der Waals surface area contributed by atoms with E-state index in [0.717, 1.165) is 24.4 Å². The number of nitrogens with one attached hydrogen (secondary N) is 1. The molecule has 0 aliphatic rings. The van der Waals surface area contributed by atoms with Crippen molar-refractivity contribution in [2.24, 2.45) is 5.10 Å². The number of phenolic OH excluding ortho intramolecular Hbond substituents is 3. The third-order valence-corrected chi connectivity index (χ3v) is 2.97. The molecule has 24 heavy (non-hydrogen) atoms. The smallest absolute Gasteiger partial charge is 0.417 e. The monoisotopic (exact) mass is 340 g/mol. The summed E-state index contributed by atoms with van der Waals surface area (Å²) in [4.78, 5) is 11.8. The molecule has 0 unspecified atom stereocenters. The molecule has 0 saturated heterocycles. The highest BCUT2D eigenvalue weighted by Crippen LogP contribution is 2.35. The first-order chi connectivity index (χ1) is 11.2. The van der Waals surface area contributed by atoms with Gasteiger partial charge in [-0.3, -0.25) is 4.79 Å². The second-order valence-electron chi connectivity index (χ2n) is 4.65. The third-order valence-electron chi connectivity index (χ3n) is 2.97. The van der Waals surface area contributed by atoms with Gasteiger partial charge >= 0.3 is 6.18 Å². The van der Waals surface area contributed by atoms with E-state index in [1.165, 1.54) is 18.2 Å². The molecule has 1 amide bonds. The fourth-order valence-electron chi connectivity index (χ4n) is 1.83. The van der Waals surface area contributed by atoms with Crippen LogP contribution in [0.1, 0.15) is 21.5 Å². The number of carbonyl (C=O) groups excluding carboxylic acids is 1. The van der Waals surface area contributed by atoms with Gasteiger partial charge < -0.3 is 15.3 Å². The summed E-state index contributed by atoms with van der Waals surface area (Å²) in [5, 5.41) is 31.2. The van der Waals surface area contributed by atoms with Crippen LogP contribution in [0.4, 0.5) is 13.2 Å². The maximum absolute atomic E-state index is 12.8. The van der Waals surface area contributed by atoms with Crippen LogP contribution in [-0.2, 0) is 6.18 Å². The molecule has 2 aromatic rings. The first-order valence-corrected chi connectivity index (χ1v) is 6.44. The second kappa shape index (κ2) is 6.49. The minimum atomic E-state index is -4.57. The Kier molecular flexibility index (Phi) is 4.63. The van der Waals surface area contributed by atoms with Crippen LogP contribution < -0.4 is 5.43 Å². The van der Waals surface area contributed by atoms with Gasteiger partial charge in [0.25, 0.3) is 5.91 Å². The van der Waals surface area contributed by atoms with Crippen molar-refractivity contribution >= 4 is 12.1 Å². The zero-order valence-electron chi connectivity index (χ0n) is 11.9. The number of halogens is 3. The minimum absolute atomic E-state index is 0.246. The number of benzene rings is 2. The number of carbonyl (C=O) groups is 1. The summed E-state index contributed by atoms with van der Waals surface area (Å²) >= 11 is 0. The lowest BCUT2D eigenvalue weighted by Gasteiger charge is -2.09. The highest BCUT2D eigenvalue weighted by Gasteiger charge is 2.32. The predicted octanol–water partition coefficient (Wildman–Crippen LogP) is 2.59. The van der Waals surface area contributed by atoms with Gasteiger partial charge in [0.15, 0.2) is 17.2 Å². The lowest BCUT2D eigenvalue weighted by molar-refractivity contribution is -0.137.